The first kappa shape index (κ1) is 10.4. The third-order valence-corrected chi connectivity index (χ3v) is 4.38. The zero-order valence-corrected chi connectivity index (χ0v) is 9.38. The lowest BCUT2D eigenvalue weighted by atomic mass is 9.55. The Kier molecular flexibility index (Phi) is 2.58. The van der Waals surface area contributed by atoms with E-state index < -0.39 is 0 Å². The first-order valence-electron chi connectivity index (χ1n) is 5.65. The van der Waals surface area contributed by atoms with Crippen molar-refractivity contribution >= 4 is 0 Å². The second kappa shape index (κ2) is 3.47. The van der Waals surface area contributed by atoms with Crippen LogP contribution in [0.15, 0.2) is 0 Å². The summed E-state index contributed by atoms with van der Waals surface area (Å²) in [6.45, 7) is 9.34. The minimum Gasteiger partial charge on any atom is -0.379 e. The van der Waals surface area contributed by atoms with Gasteiger partial charge in [-0.25, -0.2) is 0 Å². The SMILES string of the molecule is CC1(C)CCC1(CN)N1CCOCC1. The van der Waals surface area contributed by atoms with Crippen molar-refractivity contribution in [3.05, 3.63) is 0 Å². The number of nitrogens with two attached hydrogens (primary N) is 1. The molecule has 0 bridgehead atoms. The molecule has 0 radical (unpaired) electrons. The second-order valence-electron chi connectivity index (χ2n) is 5.22. The van der Waals surface area contributed by atoms with Crippen LogP contribution in [-0.2, 0) is 4.74 Å². The molecule has 2 fully saturated rings. The topological polar surface area (TPSA) is 38.5 Å². The van der Waals surface area contributed by atoms with Crippen LogP contribution in [0.4, 0.5) is 0 Å². The summed E-state index contributed by atoms with van der Waals surface area (Å²) in [5, 5.41) is 0. The summed E-state index contributed by atoms with van der Waals surface area (Å²) in [5.41, 5.74) is 6.64. The highest BCUT2D eigenvalue weighted by atomic mass is 16.5. The summed E-state index contributed by atoms with van der Waals surface area (Å²) in [5.74, 6) is 0. The number of hydrogen-bond acceptors (Lipinski definition) is 3. The highest BCUT2D eigenvalue weighted by molar-refractivity contribution is 5.11. The van der Waals surface area contributed by atoms with Gasteiger partial charge in [-0.3, -0.25) is 4.90 Å². The molecule has 82 valence electrons. The Bertz CT molecular complexity index is 207. The maximum atomic E-state index is 5.99. The van der Waals surface area contributed by atoms with Crippen LogP contribution >= 0.6 is 0 Å². The van der Waals surface area contributed by atoms with Crippen LogP contribution in [0.2, 0.25) is 0 Å². The highest BCUT2D eigenvalue weighted by Crippen LogP contribution is 2.52. The number of hydrogen-bond donors (Lipinski definition) is 1. The highest BCUT2D eigenvalue weighted by Gasteiger charge is 2.55. The lowest BCUT2D eigenvalue weighted by Crippen LogP contribution is -2.70. The standard InChI is InChI=1S/C11H22N2O/c1-10(2)3-4-11(10,9-12)13-5-7-14-8-6-13/h3-9,12H2,1-2H3. The van der Waals surface area contributed by atoms with Crippen LogP contribution in [0, 0.1) is 5.41 Å². The smallest absolute Gasteiger partial charge is 0.0594 e. The van der Waals surface area contributed by atoms with Crippen LogP contribution in [0.3, 0.4) is 0 Å². The molecule has 1 aliphatic heterocycles. The fourth-order valence-corrected chi connectivity index (χ4v) is 3.00. The quantitative estimate of drug-likeness (QED) is 0.714. The normalized spacial score (nSPS) is 37.9. The first-order chi connectivity index (χ1) is 6.62. The lowest BCUT2D eigenvalue weighted by molar-refractivity contribution is -0.126. The predicted molar refractivity (Wildman–Crippen MR) is 57.2 cm³/mol. The fourth-order valence-electron chi connectivity index (χ4n) is 3.00. The van der Waals surface area contributed by atoms with E-state index in [1.807, 2.05) is 0 Å². The van der Waals surface area contributed by atoms with E-state index >= 15 is 0 Å². The number of rotatable bonds is 2. The molecule has 3 nitrogen and oxygen atoms in total. The summed E-state index contributed by atoms with van der Waals surface area (Å²) in [6.07, 6.45) is 2.57. The van der Waals surface area contributed by atoms with Crippen LogP contribution < -0.4 is 5.73 Å². The van der Waals surface area contributed by atoms with Gasteiger partial charge in [-0.2, -0.15) is 0 Å². The molecule has 1 heterocycles. The largest absolute Gasteiger partial charge is 0.379 e. The van der Waals surface area contributed by atoms with Crippen molar-refractivity contribution in [3.8, 4) is 0 Å². The minimum absolute atomic E-state index is 0.261. The van der Waals surface area contributed by atoms with Gasteiger partial charge in [-0.05, 0) is 18.3 Å². The van der Waals surface area contributed by atoms with Crippen molar-refractivity contribution in [1.29, 1.82) is 0 Å². The third kappa shape index (κ3) is 1.30. The van der Waals surface area contributed by atoms with Gasteiger partial charge in [0.1, 0.15) is 0 Å². The van der Waals surface area contributed by atoms with E-state index in [0.717, 1.165) is 32.8 Å². The predicted octanol–water partition coefficient (Wildman–Crippen LogP) is 0.836. The average molecular weight is 198 g/mol. The molecular formula is C11H22N2O. The number of morpholine rings is 1. The Hall–Kier alpha value is -0.120. The molecule has 0 amide bonds. The van der Waals surface area contributed by atoms with E-state index in [4.69, 9.17) is 10.5 Å². The van der Waals surface area contributed by atoms with Crippen molar-refractivity contribution in [1.82, 2.24) is 4.90 Å². The lowest BCUT2D eigenvalue weighted by Gasteiger charge is -2.62. The van der Waals surface area contributed by atoms with Crippen LogP contribution in [0.5, 0.6) is 0 Å². The van der Waals surface area contributed by atoms with Gasteiger partial charge in [0.2, 0.25) is 0 Å². The number of ether oxygens (including phenoxy) is 1. The maximum Gasteiger partial charge on any atom is 0.0594 e. The molecule has 1 aliphatic carbocycles. The summed E-state index contributed by atoms with van der Waals surface area (Å²) in [4.78, 5) is 2.56. The second-order valence-corrected chi connectivity index (χ2v) is 5.22. The Labute approximate surface area is 86.6 Å². The van der Waals surface area contributed by atoms with Gasteiger partial charge in [0.15, 0.2) is 0 Å². The molecule has 0 aromatic heterocycles. The third-order valence-electron chi connectivity index (χ3n) is 4.38. The molecule has 2 N–H and O–H groups in total. The Morgan fingerprint density at radius 1 is 1.21 bits per heavy atom. The monoisotopic (exact) mass is 198 g/mol. The van der Waals surface area contributed by atoms with E-state index in [1.165, 1.54) is 12.8 Å². The molecule has 1 saturated carbocycles. The molecule has 0 aromatic rings. The maximum absolute atomic E-state index is 5.99. The van der Waals surface area contributed by atoms with Crippen molar-refractivity contribution in [2.45, 2.75) is 32.2 Å². The summed E-state index contributed by atoms with van der Waals surface area (Å²) >= 11 is 0. The fraction of sp³-hybridized carbons (Fsp3) is 1.00. The van der Waals surface area contributed by atoms with Gasteiger partial charge >= 0.3 is 0 Å². The molecule has 3 heteroatoms. The molecular weight excluding hydrogens is 176 g/mol. The van der Waals surface area contributed by atoms with Gasteiger partial charge in [0, 0.05) is 25.2 Å². The molecule has 14 heavy (non-hydrogen) atoms. The molecule has 2 aliphatic rings. The summed E-state index contributed by atoms with van der Waals surface area (Å²) in [6, 6.07) is 0. The van der Waals surface area contributed by atoms with Gasteiger partial charge in [0.25, 0.3) is 0 Å². The Morgan fingerprint density at radius 3 is 2.21 bits per heavy atom. The minimum atomic E-state index is 0.261. The van der Waals surface area contributed by atoms with E-state index in [2.05, 4.69) is 18.7 Å². The van der Waals surface area contributed by atoms with Crippen molar-refractivity contribution < 1.29 is 4.74 Å². The summed E-state index contributed by atoms with van der Waals surface area (Å²) < 4.78 is 5.39. The zero-order chi connectivity index (χ0) is 10.2. The van der Waals surface area contributed by atoms with Gasteiger partial charge in [-0.1, -0.05) is 13.8 Å². The average Bonchev–Trinajstić information content (AvgIpc) is 2.19. The van der Waals surface area contributed by atoms with Crippen LogP contribution in [0.25, 0.3) is 0 Å². The van der Waals surface area contributed by atoms with E-state index in [0.29, 0.717) is 5.41 Å². The summed E-state index contributed by atoms with van der Waals surface area (Å²) in [7, 11) is 0. The van der Waals surface area contributed by atoms with Crippen LogP contribution in [0.1, 0.15) is 26.7 Å². The Morgan fingerprint density at radius 2 is 1.86 bits per heavy atom. The molecule has 0 aromatic carbocycles. The number of nitrogens with zero attached hydrogens (tertiary/aromatic N) is 1. The Balaban J connectivity index is 2.11. The molecule has 0 spiro atoms. The molecule has 1 saturated heterocycles. The van der Waals surface area contributed by atoms with Crippen molar-refractivity contribution in [3.63, 3.8) is 0 Å². The first-order valence-corrected chi connectivity index (χ1v) is 5.65. The molecule has 1 unspecified atom stereocenters. The molecule has 1 atom stereocenters. The van der Waals surface area contributed by atoms with Crippen molar-refractivity contribution in [2.24, 2.45) is 11.1 Å². The van der Waals surface area contributed by atoms with E-state index in [9.17, 15) is 0 Å². The van der Waals surface area contributed by atoms with E-state index in [-0.39, 0.29) is 5.54 Å². The van der Waals surface area contributed by atoms with Gasteiger partial charge < -0.3 is 10.5 Å². The van der Waals surface area contributed by atoms with Gasteiger partial charge in [-0.15, -0.1) is 0 Å². The zero-order valence-electron chi connectivity index (χ0n) is 9.38. The van der Waals surface area contributed by atoms with Crippen LogP contribution in [-0.4, -0.2) is 43.3 Å². The molecule has 2 rings (SSSR count). The van der Waals surface area contributed by atoms with Crippen molar-refractivity contribution in [2.75, 3.05) is 32.8 Å². The van der Waals surface area contributed by atoms with Gasteiger partial charge in [0.05, 0.1) is 13.2 Å². The van der Waals surface area contributed by atoms with E-state index in [1.54, 1.807) is 0 Å².